The molecule has 0 bridgehead atoms. The maximum absolute atomic E-state index is 9.82. The Bertz CT molecular complexity index is 415. The highest BCUT2D eigenvalue weighted by atomic mass is 16.4. The van der Waals surface area contributed by atoms with Gasteiger partial charge in [-0.1, -0.05) is 18.2 Å². The van der Waals surface area contributed by atoms with E-state index in [0.29, 0.717) is 12.3 Å². The van der Waals surface area contributed by atoms with E-state index >= 15 is 0 Å². The molecule has 1 N–H and O–H groups in total. The van der Waals surface area contributed by atoms with Crippen molar-refractivity contribution >= 4 is 11.0 Å². The van der Waals surface area contributed by atoms with Crippen LogP contribution in [0.25, 0.3) is 11.0 Å². The predicted octanol–water partition coefficient (Wildman–Crippen LogP) is 2.19. The summed E-state index contributed by atoms with van der Waals surface area (Å²) in [5, 5.41) is 10.8. The Morgan fingerprint density at radius 2 is 2.20 bits per heavy atom. The lowest BCUT2D eigenvalue weighted by molar-refractivity contribution is 0.123. The van der Waals surface area contributed by atoms with Gasteiger partial charge in [0.1, 0.15) is 17.4 Å². The summed E-state index contributed by atoms with van der Waals surface area (Å²) in [6.07, 6.45) is -0.625. The van der Waals surface area contributed by atoms with Crippen LogP contribution in [0.3, 0.4) is 0 Å². The number of nitrogens with zero attached hydrogens (tertiary/aromatic N) is 1. The number of hydrogen-bond donors (Lipinski definition) is 1. The molecule has 0 saturated carbocycles. The minimum absolute atomic E-state index is 0.458. The summed E-state index contributed by atoms with van der Waals surface area (Å²) < 4.78 is 5.53. The first kappa shape index (κ1) is 10.2. The van der Waals surface area contributed by atoms with Crippen molar-refractivity contribution in [3.8, 4) is 0 Å². The molecular formula is C12H14NO2. The van der Waals surface area contributed by atoms with Crippen molar-refractivity contribution in [1.82, 2.24) is 4.90 Å². The zero-order valence-corrected chi connectivity index (χ0v) is 8.68. The smallest absolute Gasteiger partial charge is 0.135 e. The van der Waals surface area contributed by atoms with Crippen molar-refractivity contribution in [1.29, 1.82) is 0 Å². The Kier molecular flexibility index (Phi) is 2.75. The van der Waals surface area contributed by atoms with E-state index in [-0.39, 0.29) is 0 Å². The summed E-state index contributed by atoms with van der Waals surface area (Å²) >= 11 is 0. The van der Waals surface area contributed by atoms with Crippen molar-refractivity contribution in [3.63, 3.8) is 0 Å². The van der Waals surface area contributed by atoms with Crippen LogP contribution in [0.2, 0.25) is 0 Å². The Morgan fingerprint density at radius 1 is 1.47 bits per heavy atom. The van der Waals surface area contributed by atoms with Crippen LogP contribution in [-0.2, 0) is 0 Å². The summed E-state index contributed by atoms with van der Waals surface area (Å²) in [4.78, 5) is 1.68. The van der Waals surface area contributed by atoms with Crippen molar-refractivity contribution < 1.29 is 9.52 Å². The van der Waals surface area contributed by atoms with E-state index in [1.807, 2.05) is 37.4 Å². The van der Waals surface area contributed by atoms with Crippen molar-refractivity contribution in [2.75, 3.05) is 13.6 Å². The SMILES string of the molecule is [CH2]N(C)CC(O)c1cc2ccccc2o1. The molecule has 79 valence electrons. The Hall–Kier alpha value is -1.32. The van der Waals surface area contributed by atoms with E-state index in [0.717, 1.165) is 11.0 Å². The third kappa shape index (κ3) is 2.19. The average molecular weight is 204 g/mol. The number of fused-ring (bicyclic) bond motifs is 1. The number of aliphatic hydroxyl groups excluding tert-OH is 1. The number of benzene rings is 1. The number of para-hydroxylation sites is 1. The number of aliphatic hydroxyl groups is 1. The molecular weight excluding hydrogens is 190 g/mol. The van der Waals surface area contributed by atoms with Crippen LogP contribution in [0.4, 0.5) is 0 Å². The molecule has 0 saturated heterocycles. The molecule has 1 heterocycles. The third-order valence-corrected chi connectivity index (χ3v) is 2.26. The van der Waals surface area contributed by atoms with Crippen LogP contribution in [0, 0.1) is 7.05 Å². The lowest BCUT2D eigenvalue weighted by Gasteiger charge is -2.12. The van der Waals surface area contributed by atoms with Crippen molar-refractivity contribution in [3.05, 3.63) is 43.1 Å². The zero-order chi connectivity index (χ0) is 10.8. The van der Waals surface area contributed by atoms with Gasteiger partial charge >= 0.3 is 0 Å². The van der Waals surface area contributed by atoms with Crippen LogP contribution < -0.4 is 0 Å². The van der Waals surface area contributed by atoms with Gasteiger partial charge in [0.25, 0.3) is 0 Å². The number of hydrogen-bond acceptors (Lipinski definition) is 3. The van der Waals surface area contributed by atoms with Gasteiger partial charge in [-0.3, -0.25) is 0 Å². The van der Waals surface area contributed by atoms with E-state index in [9.17, 15) is 5.11 Å². The van der Waals surface area contributed by atoms with Gasteiger partial charge in [-0.05, 0) is 19.2 Å². The largest absolute Gasteiger partial charge is 0.458 e. The Labute approximate surface area is 88.9 Å². The van der Waals surface area contributed by atoms with Crippen molar-refractivity contribution in [2.45, 2.75) is 6.10 Å². The molecule has 15 heavy (non-hydrogen) atoms. The lowest BCUT2D eigenvalue weighted by Crippen LogP contribution is -2.17. The minimum Gasteiger partial charge on any atom is -0.458 e. The molecule has 1 aromatic carbocycles. The fourth-order valence-electron chi connectivity index (χ4n) is 1.55. The van der Waals surface area contributed by atoms with Gasteiger partial charge in [-0.25, -0.2) is 0 Å². The molecule has 0 spiro atoms. The average Bonchev–Trinajstić information content (AvgIpc) is 2.59. The topological polar surface area (TPSA) is 36.6 Å². The molecule has 1 atom stereocenters. The maximum Gasteiger partial charge on any atom is 0.135 e. The minimum atomic E-state index is -0.625. The third-order valence-electron chi connectivity index (χ3n) is 2.26. The molecule has 0 amide bonds. The fourth-order valence-corrected chi connectivity index (χ4v) is 1.55. The summed E-state index contributed by atoms with van der Waals surface area (Å²) in [5.41, 5.74) is 0.804. The van der Waals surface area contributed by atoms with Gasteiger partial charge in [-0.15, -0.1) is 0 Å². The van der Waals surface area contributed by atoms with E-state index in [1.54, 1.807) is 4.90 Å². The summed E-state index contributed by atoms with van der Waals surface area (Å²) in [5.74, 6) is 0.590. The van der Waals surface area contributed by atoms with Crippen LogP contribution in [0.15, 0.2) is 34.7 Å². The molecule has 3 nitrogen and oxygen atoms in total. The standard InChI is InChI=1S/C12H14NO2/c1-13(2)8-10(14)12-7-9-5-3-4-6-11(9)15-12/h3-7,10,14H,1,8H2,2H3. The molecule has 1 aromatic heterocycles. The van der Waals surface area contributed by atoms with Crippen LogP contribution in [0.1, 0.15) is 11.9 Å². The second-order valence-corrected chi connectivity index (χ2v) is 3.74. The van der Waals surface area contributed by atoms with Gasteiger partial charge in [0.05, 0.1) is 0 Å². The first-order valence-electron chi connectivity index (χ1n) is 4.85. The molecule has 3 heteroatoms. The molecule has 0 fully saturated rings. The van der Waals surface area contributed by atoms with Crippen LogP contribution in [-0.4, -0.2) is 23.6 Å². The highest BCUT2D eigenvalue weighted by Gasteiger charge is 2.13. The fraction of sp³-hybridized carbons (Fsp3) is 0.250. The first-order chi connectivity index (χ1) is 7.16. The molecule has 1 radical (unpaired) electrons. The summed E-state index contributed by atoms with van der Waals surface area (Å²) in [6.45, 7) is 0.458. The highest BCUT2D eigenvalue weighted by Crippen LogP contribution is 2.23. The van der Waals surface area contributed by atoms with E-state index in [4.69, 9.17) is 4.42 Å². The quantitative estimate of drug-likeness (QED) is 0.832. The second kappa shape index (κ2) is 4.04. The van der Waals surface area contributed by atoms with E-state index in [2.05, 4.69) is 7.05 Å². The van der Waals surface area contributed by atoms with Gasteiger partial charge in [0.15, 0.2) is 0 Å². The second-order valence-electron chi connectivity index (χ2n) is 3.74. The Morgan fingerprint density at radius 3 is 2.87 bits per heavy atom. The zero-order valence-electron chi connectivity index (χ0n) is 8.68. The molecule has 0 aliphatic rings. The molecule has 0 aliphatic heterocycles. The van der Waals surface area contributed by atoms with Gasteiger partial charge in [0, 0.05) is 19.0 Å². The normalized spacial score (nSPS) is 13.6. The Balaban J connectivity index is 2.28. The van der Waals surface area contributed by atoms with E-state index < -0.39 is 6.10 Å². The van der Waals surface area contributed by atoms with Crippen LogP contribution >= 0.6 is 0 Å². The predicted molar refractivity (Wildman–Crippen MR) is 59.2 cm³/mol. The van der Waals surface area contributed by atoms with Gasteiger partial charge in [0.2, 0.25) is 0 Å². The number of rotatable bonds is 3. The van der Waals surface area contributed by atoms with Gasteiger partial charge < -0.3 is 14.4 Å². The van der Waals surface area contributed by atoms with E-state index in [1.165, 1.54) is 0 Å². The summed E-state index contributed by atoms with van der Waals surface area (Å²) in [7, 11) is 5.50. The molecule has 2 rings (SSSR count). The lowest BCUT2D eigenvalue weighted by atomic mass is 10.2. The molecule has 0 aliphatic carbocycles. The monoisotopic (exact) mass is 204 g/mol. The van der Waals surface area contributed by atoms with Gasteiger partial charge in [-0.2, -0.15) is 0 Å². The highest BCUT2D eigenvalue weighted by molar-refractivity contribution is 5.77. The molecule has 2 aromatic rings. The number of furan rings is 1. The maximum atomic E-state index is 9.82. The summed E-state index contributed by atoms with van der Waals surface area (Å²) in [6, 6.07) is 9.57. The van der Waals surface area contributed by atoms with Crippen molar-refractivity contribution in [2.24, 2.45) is 0 Å². The van der Waals surface area contributed by atoms with Crippen LogP contribution in [0.5, 0.6) is 0 Å². The number of likely N-dealkylation sites (N-methyl/N-ethyl adjacent to an activating group) is 1. The first-order valence-corrected chi connectivity index (χ1v) is 4.85. The molecule has 1 unspecified atom stereocenters.